The molecule has 0 heterocycles. The summed E-state index contributed by atoms with van der Waals surface area (Å²) < 4.78 is 0. The summed E-state index contributed by atoms with van der Waals surface area (Å²) in [4.78, 5) is 0. The molecule has 0 N–H and O–H groups in total. The number of nitriles is 2. The first-order valence-corrected chi connectivity index (χ1v) is 6.65. The molecule has 0 fully saturated rings. The van der Waals surface area contributed by atoms with Crippen molar-refractivity contribution in [2.45, 2.75) is 0 Å². The van der Waals surface area contributed by atoms with Crippen LogP contribution >= 0.6 is 11.6 Å². The molecule has 0 spiro atoms. The molecule has 0 aliphatic rings. The molecule has 0 saturated carbocycles. The Morgan fingerprint density at radius 1 is 0.857 bits per heavy atom. The van der Waals surface area contributed by atoms with Gasteiger partial charge in [0, 0.05) is 5.03 Å². The fraction of sp³-hybridized carbons (Fsp3) is 0. The van der Waals surface area contributed by atoms with Gasteiger partial charge in [-0.05, 0) is 41.5 Å². The summed E-state index contributed by atoms with van der Waals surface area (Å²) in [6, 6.07) is 18.5. The number of hydrogen-bond donors (Lipinski definition) is 0. The van der Waals surface area contributed by atoms with E-state index in [-0.39, 0.29) is 0 Å². The van der Waals surface area contributed by atoms with E-state index in [1.54, 1.807) is 30.3 Å². The Balaban J connectivity index is 2.09. The molecule has 0 aromatic heterocycles. The molecule has 0 bridgehead atoms. The predicted molar refractivity (Wildman–Crippen MR) is 85.2 cm³/mol. The van der Waals surface area contributed by atoms with Gasteiger partial charge in [-0.3, -0.25) is 0 Å². The molecule has 2 aromatic rings. The van der Waals surface area contributed by atoms with Gasteiger partial charge < -0.3 is 0 Å². The molecule has 0 radical (unpaired) electrons. The molecule has 100 valence electrons. The number of nitrogens with zero attached hydrogens (tertiary/aromatic N) is 2. The van der Waals surface area contributed by atoms with E-state index in [1.165, 1.54) is 0 Å². The molecule has 21 heavy (non-hydrogen) atoms. The van der Waals surface area contributed by atoms with Crippen molar-refractivity contribution in [1.82, 2.24) is 0 Å². The van der Waals surface area contributed by atoms with Crippen LogP contribution in [0, 0.1) is 22.7 Å². The van der Waals surface area contributed by atoms with Gasteiger partial charge in [-0.25, -0.2) is 0 Å². The SMILES string of the molecule is N#Cc1ccc(/C=C/C=C(/Cl)c2ccc(C#N)cc2)cc1. The largest absolute Gasteiger partial charge is 0.192 e. The van der Waals surface area contributed by atoms with E-state index >= 15 is 0 Å². The van der Waals surface area contributed by atoms with Crippen molar-refractivity contribution in [2.75, 3.05) is 0 Å². The highest BCUT2D eigenvalue weighted by Crippen LogP contribution is 2.19. The minimum absolute atomic E-state index is 0.601. The van der Waals surface area contributed by atoms with Crippen LogP contribution in [0.15, 0.2) is 60.7 Å². The third kappa shape index (κ3) is 4.08. The Labute approximate surface area is 128 Å². The molecule has 0 saturated heterocycles. The molecule has 2 aromatic carbocycles. The van der Waals surface area contributed by atoms with Crippen LogP contribution in [-0.4, -0.2) is 0 Å². The number of hydrogen-bond acceptors (Lipinski definition) is 2. The summed E-state index contributed by atoms with van der Waals surface area (Å²) in [6.07, 6.45) is 5.55. The molecule has 0 aliphatic heterocycles. The third-order valence-electron chi connectivity index (χ3n) is 2.86. The average Bonchev–Trinajstić information content (AvgIpc) is 2.55. The molecule has 0 amide bonds. The van der Waals surface area contributed by atoms with Gasteiger partial charge in [0.1, 0.15) is 0 Å². The molecule has 3 heteroatoms. The second-order valence-corrected chi connectivity index (χ2v) is 4.70. The van der Waals surface area contributed by atoms with Crippen LogP contribution in [0.25, 0.3) is 11.1 Å². The lowest BCUT2D eigenvalue weighted by Gasteiger charge is -1.98. The van der Waals surface area contributed by atoms with E-state index in [0.29, 0.717) is 16.2 Å². The van der Waals surface area contributed by atoms with Crippen molar-refractivity contribution in [3.63, 3.8) is 0 Å². The van der Waals surface area contributed by atoms with E-state index in [4.69, 9.17) is 22.1 Å². The van der Waals surface area contributed by atoms with Crippen LogP contribution in [0.5, 0.6) is 0 Å². The van der Waals surface area contributed by atoms with Crippen LogP contribution in [0.1, 0.15) is 22.3 Å². The quantitative estimate of drug-likeness (QED) is 0.768. The van der Waals surface area contributed by atoms with Crippen LogP contribution in [0.3, 0.4) is 0 Å². The monoisotopic (exact) mass is 290 g/mol. The zero-order chi connectivity index (χ0) is 15.1. The standard InChI is InChI=1S/C18H11ClN2/c19-18(17-10-8-16(13-21)9-11-17)3-1-2-14-4-6-15(12-20)7-5-14/h1-11H/b2-1+,18-3+. The Hall–Kier alpha value is -2.81. The first-order chi connectivity index (χ1) is 10.2. The number of halogens is 1. The van der Waals surface area contributed by atoms with E-state index in [2.05, 4.69) is 12.1 Å². The highest BCUT2D eigenvalue weighted by Gasteiger charge is 1.97. The van der Waals surface area contributed by atoms with E-state index in [0.717, 1.165) is 11.1 Å². The molecule has 0 unspecified atom stereocenters. The van der Waals surface area contributed by atoms with Gasteiger partial charge in [0.05, 0.1) is 23.3 Å². The second kappa shape index (κ2) is 7.10. The summed E-state index contributed by atoms with van der Waals surface area (Å²) in [7, 11) is 0. The minimum Gasteiger partial charge on any atom is -0.192 e. The van der Waals surface area contributed by atoms with Gasteiger partial charge in [-0.15, -0.1) is 0 Å². The van der Waals surface area contributed by atoms with Crippen molar-refractivity contribution in [3.8, 4) is 12.1 Å². The summed E-state index contributed by atoms with van der Waals surface area (Å²) in [6.45, 7) is 0. The number of benzene rings is 2. The van der Waals surface area contributed by atoms with E-state index < -0.39 is 0 Å². The zero-order valence-electron chi connectivity index (χ0n) is 11.1. The zero-order valence-corrected chi connectivity index (χ0v) is 11.9. The van der Waals surface area contributed by atoms with E-state index in [1.807, 2.05) is 36.4 Å². The van der Waals surface area contributed by atoms with Gasteiger partial charge in [0.25, 0.3) is 0 Å². The van der Waals surface area contributed by atoms with Crippen molar-refractivity contribution in [2.24, 2.45) is 0 Å². The van der Waals surface area contributed by atoms with Crippen LogP contribution in [-0.2, 0) is 0 Å². The fourth-order valence-electron chi connectivity index (χ4n) is 1.71. The summed E-state index contributed by atoms with van der Waals surface area (Å²) in [5, 5.41) is 18.1. The van der Waals surface area contributed by atoms with Crippen LogP contribution in [0.2, 0.25) is 0 Å². The molecular formula is C18H11ClN2. The smallest absolute Gasteiger partial charge is 0.0991 e. The normalized spacial score (nSPS) is 11.1. The maximum Gasteiger partial charge on any atom is 0.0991 e. The Morgan fingerprint density at radius 2 is 1.38 bits per heavy atom. The molecule has 2 rings (SSSR count). The summed E-state index contributed by atoms with van der Waals surface area (Å²) in [5.74, 6) is 0. The summed E-state index contributed by atoms with van der Waals surface area (Å²) in [5.41, 5.74) is 3.10. The topological polar surface area (TPSA) is 47.6 Å². The van der Waals surface area contributed by atoms with Gasteiger partial charge in [0.15, 0.2) is 0 Å². The Bertz CT molecular complexity index is 755. The van der Waals surface area contributed by atoms with Crippen LogP contribution in [0.4, 0.5) is 0 Å². The van der Waals surface area contributed by atoms with Crippen molar-refractivity contribution in [3.05, 3.63) is 82.9 Å². The first kappa shape index (κ1) is 14.6. The highest BCUT2D eigenvalue weighted by molar-refractivity contribution is 6.48. The molecular weight excluding hydrogens is 280 g/mol. The van der Waals surface area contributed by atoms with Crippen molar-refractivity contribution in [1.29, 1.82) is 10.5 Å². The Kier molecular flexibility index (Phi) is 4.94. The maximum absolute atomic E-state index is 8.74. The lowest BCUT2D eigenvalue weighted by atomic mass is 10.1. The van der Waals surface area contributed by atoms with Crippen LogP contribution < -0.4 is 0 Å². The van der Waals surface area contributed by atoms with Gasteiger partial charge in [-0.2, -0.15) is 10.5 Å². The molecule has 0 aliphatic carbocycles. The van der Waals surface area contributed by atoms with Gasteiger partial charge >= 0.3 is 0 Å². The number of rotatable bonds is 3. The lowest BCUT2D eigenvalue weighted by Crippen LogP contribution is -1.78. The molecule has 0 atom stereocenters. The van der Waals surface area contributed by atoms with Crippen molar-refractivity contribution >= 4 is 22.7 Å². The van der Waals surface area contributed by atoms with Gasteiger partial charge in [0.2, 0.25) is 0 Å². The first-order valence-electron chi connectivity index (χ1n) is 6.27. The minimum atomic E-state index is 0.601. The predicted octanol–water partition coefficient (Wildman–Crippen LogP) is 4.72. The Morgan fingerprint density at radius 3 is 1.90 bits per heavy atom. The maximum atomic E-state index is 8.74. The summed E-state index contributed by atoms with van der Waals surface area (Å²) >= 11 is 6.20. The second-order valence-electron chi connectivity index (χ2n) is 4.30. The third-order valence-corrected chi connectivity index (χ3v) is 3.20. The van der Waals surface area contributed by atoms with Crippen molar-refractivity contribution < 1.29 is 0 Å². The lowest BCUT2D eigenvalue weighted by molar-refractivity contribution is 1.48. The molecule has 2 nitrogen and oxygen atoms in total. The fourth-order valence-corrected chi connectivity index (χ4v) is 1.91. The average molecular weight is 291 g/mol. The highest BCUT2D eigenvalue weighted by atomic mass is 35.5. The van der Waals surface area contributed by atoms with E-state index in [9.17, 15) is 0 Å². The number of allylic oxidation sites excluding steroid dienone is 2. The van der Waals surface area contributed by atoms with Gasteiger partial charge in [-0.1, -0.05) is 48.0 Å².